The molecule has 1 heterocycles. The molecule has 1 atom stereocenters. The Balaban J connectivity index is 2.93. The number of rotatable bonds is 1. The van der Waals surface area contributed by atoms with Crippen LogP contribution in [0.25, 0.3) is 0 Å². The molecule has 1 rings (SSSR count). The fraction of sp³-hybridized carbons (Fsp3) is 0.909. The molecule has 0 aromatic heterocycles. The molecule has 0 radical (unpaired) electrons. The molecule has 0 aliphatic carbocycles. The van der Waals surface area contributed by atoms with E-state index in [0.29, 0.717) is 11.5 Å². The van der Waals surface area contributed by atoms with Crippen molar-refractivity contribution in [2.75, 3.05) is 5.33 Å². The summed E-state index contributed by atoms with van der Waals surface area (Å²) in [4.78, 5) is 0. The molecule has 0 fully saturated rings. The zero-order valence-electron chi connectivity index (χ0n) is 9.39. The van der Waals surface area contributed by atoms with Crippen LogP contribution in [0.4, 0.5) is 0 Å². The second-order valence-electron chi connectivity index (χ2n) is 5.71. The van der Waals surface area contributed by atoms with Gasteiger partial charge >= 0.3 is 0 Å². The summed E-state index contributed by atoms with van der Waals surface area (Å²) in [6.45, 7) is 11.5. The first-order chi connectivity index (χ1) is 5.76. The van der Waals surface area contributed by atoms with Crippen molar-refractivity contribution in [3.63, 3.8) is 0 Å². The molecule has 1 aliphatic heterocycles. The maximum Gasteiger partial charge on any atom is 0.163 e. The first-order valence-electron chi connectivity index (χ1n) is 4.97. The summed E-state index contributed by atoms with van der Waals surface area (Å²) in [5.74, 6) is 0. The zero-order valence-corrected chi connectivity index (χ0v) is 11.0. The van der Waals surface area contributed by atoms with Crippen molar-refractivity contribution in [2.24, 2.45) is 5.41 Å². The molecular weight excluding hydrogens is 226 g/mol. The van der Waals surface area contributed by atoms with Gasteiger partial charge in [-0.05, 0) is 20.8 Å². The lowest BCUT2D eigenvalue weighted by Crippen LogP contribution is -2.38. The van der Waals surface area contributed by atoms with Gasteiger partial charge in [-0.25, -0.2) is 4.58 Å². The number of alkyl halides is 1. The van der Waals surface area contributed by atoms with Gasteiger partial charge in [-0.1, -0.05) is 29.8 Å². The highest BCUT2D eigenvalue weighted by Gasteiger charge is 2.42. The summed E-state index contributed by atoms with van der Waals surface area (Å²) in [5.41, 5.74) is 0.623. The Kier molecular flexibility index (Phi) is 2.92. The van der Waals surface area contributed by atoms with Gasteiger partial charge in [0.15, 0.2) is 11.6 Å². The molecule has 0 bridgehead atoms. The molecule has 0 amide bonds. The van der Waals surface area contributed by atoms with Crippen molar-refractivity contribution >= 4 is 22.1 Å². The second-order valence-corrected chi connectivity index (χ2v) is 6.36. The van der Waals surface area contributed by atoms with Crippen molar-refractivity contribution in [1.82, 2.24) is 0 Å². The SMILES string of the molecule is CC1(C)C=[N+](C(C)(C)C)C(CBr)C1. The minimum atomic E-state index is 0.256. The third kappa shape index (κ3) is 2.55. The Morgan fingerprint density at radius 1 is 1.46 bits per heavy atom. The normalized spacial score (nSPS) is 27.5. The molecule has 0 aromatic carbocycles. The van der Waals surface area contributed by atoms with Gasteiger partial charge in [0.2, 0.25) is 0 Å². The highest BCUT2D eigenvalue weighted by Crippen LogP contribution is 2.31. The van der Waals surface area contributed by atoms with E-state index >= 15 is 0 Å². The van der Waals surface area contributed by atoms with Gasteiger partial charge in [0.25, 0.3) is 0 Å². The standard InChI is InChI=1S/C11H21BrN/c1-10(2,3)13-8-11(4,5)6-9(13)7-12/h8-9H,6-7H2,1-5H3/q+1. The Morgan fingerprint density at radius 2 is 2.00 bits per heavy atom. The molecule has 2 heteroatoms. The van der Waals surface area contributed by atoms with Gasteiger partial charge in [0, 0.05) is 11.8 Å². The third-order valence-corrected chi connectivity index (χ3v) is 3.34. The first-order valence-corrected chi connectivity index (χ1v) is 6.09. The van der Waals surface area contributed by atoms with Crippen LogP contribution in [0.2, 0.25) is 0 Å². The smallest absolute Gasteiger partial charge is 0.163 e. The summed E-state index contributed by atoms with van der Waals surface area (Å²) in [7, 11) is 0. The van der Waals surface area contributed by atoms with Crippen LogP contribution in [0.1, 0.15) is 41.0 Å². The van der Waals surface area contributed by atoms with Crippen LogP contribution in [0.5, 0.6) is 0 Å². The number of hydrogen-bond acceptors (Lipinski definition) is 0. The molecule has 0 saturated heterocycles. The summed E-state index contributed by atoms with van der Waals surface area (Å²) in [6, 6.07) is 0.662. The van der Waals surface area contributed by atoms with E-state index in [-0.39, 0.29) is 5.54 Å². The van der Waals surface area contributed by atoms with Gasteiger partial charge < -0.3 is 0 Å². The van der Waals surface area contributed by atoms with Gasteiger partial charge in [-0.3, -0.25) is 0 Å². The van der Waals surface area contributed by atoms with Crippen LogP contribution in [0.15, 0.2) is 0 Å². The van der Waals surface area contributed by atoms with E-state index in [1.807, 2.05) is 0 Å². The number of hydrogen-bond donors (Lipinski definition) is 0. The molecule has 0 spiro atoms. The van der Waals surface area contributed by atoms with E-state index in [4.69, 9.17) is 0 Å². The third-order valence-electron chi connectivity index (χ3n) is 2.60. The molecule has 0 N–H and O–H groups in total. The van der Waals surface area contributed by atoms with Crippen LogP contribution in [-0.4, -0.2) is 27.7 Å². The minimum absolute atomic E-state index is 0.256. The van der Waals surface area contributed by atoms with Crippen molar-refractivity contribution in [3.05, 3.63) is 0 Å². The highest BCUT2D eigenvalue weighted by atomic mass is 79.9. The Labute approximate surface area is 90.4 Å². The maximum absolute atomic E-state index is 3.60. The van der Waals surface area contributed by atoms with Gasteiger partial charge in [-0.2, -0.15) is 0 Å². The first kappa shape index (κ1) is 11.2. The number of halogens is 1. The predicted molar refractivity (Wildman–Crippen MR) is 62.1 cm³/mol. The average molecular weight is 247 g/mol. The maximum atomic E-state index is 3.60. The van der Waals surface area contributed by atoms with E-state index in [9.17, 15) is 0 Å². The highest BCUT2D eigenvalue weighted by molar-refractivity contribution is 9.09. The van der Waals surface area contributed by atoms with Gasteiger partial charge in [0.05, 0.1) is 5.33 Å². The predicted octanol–water partition coefficient (Wildman–Crippen LogP) is 3.06. The summed E-state index contributed by atoms with van der Waals surface area (Å²) in [5, 5.41) is 1.07. The summed E-state index contributed by atoms with van der Waals surface area (Å²) in [6.07, 6.45) is 3.66. The monoisotopic (exact) mass is 246 g/mol. The van der Waals surface area contributed by atoms with Crippen LogP contribution in [0, 0.1) is 5.41 Å². The topological polar surface area (TPSA) is 3.01 Å². The molecule has 13 heavy (non-hydrogen) atoms. The van der Waals surface area contributed by atoms with Crippen molar-refractivity contribution < 1.29 is 4.58 Å². The summed E-state index contributed by atoms with van der Waals surface area (Å²) < 4.78 is 2.50. The average Bonchev–Trinajstić information content (AvgIpc) is 2.24. The lowest BCUT2D eigenvalue weighted by Gasteiger charge is -2.20. The van der Waals surface area contributed by atoms with Crippen LogP contribution >= 0.6 is 15.9 Å². The summed E-state index contributed by atoms with van der Waals surface area (Å²) >= 11 is 3.60. The van der Waals surface area contributed by atoms with Crippen LogP contribution in [0.3, 0.4) is 0 Å². The molecule has 1 unspecified atom stereocenters. The molecule has 1 nitrogen and oxygen atoms in total. The molecule has 0 aromatic rings. The van der Waals surface area contributed by atoms with E-state index in [0.717, 1.165) is 5.33 Å². The van der Waals surface area contributed by atoms with E-state index < -0.39 is 0 Å². The van der Waals surface area contributed by atoms with Gasteiger partial charge in [-0.15, -0.1) is 0 Å². The second kappa shape index (κ2) is 3.38. The van der Waals surface area contributed by atoms with Crippen molar-refractivity contribution in [2.45, 2.75) is 52.6 Å². The molecule has 0 saturated carbocycles. The molecule has 1 aliphatic rings. The van der Waals surface area contributed by atoms with Crippen molar-refractivity contribution in [1.29, 1.82) is 0 Å². The van der Waals surface area contributed by atoms with Crippen LogP contribution in [-0.2, 0) is 0 Å². The van der Waals surface area contributed by atoms with E-state index in [1.165, 1.54) is 6.42 Å². The lowest BCUT2D eigenvalue weighted by molar-refractivity contribution is -0.615. The van der Waals surface area contributed by atoms with E-state index in [2.05, 4.69) is 61.3 Å². The van der Waals surface area contributed by atoms with Gasteiger partial charge in [0.1, 0.15) is 6.21 Å². The fourth-order valence-corrected chi connectivity index (χ4v) is 2.65. The molecule has 76 valence electrons. The number of nitrogens with zero attached hydrogens (tertiary/aromatic N) is 1. The largest absolute Gasteiger partial charge is 0.231 e. The Morgan fingerprint density at radius 3 is 2.31 bits per heavy atom. The Hall–Kier alpha value is 0.150. The van der Waals surface area contributed by atoms with Crippen molar-refractivity contribution in [3.8, 4) is 0 Å². The zero-order chi connectivity index (χ0) is 10.3. The lowest BCUT2D eigenvalue weighted by atomic mass is 9.91. The van der Waals surface area contributed by atoms with E-state index in [1.54, 1.807) is 0 Å². The minimum Gasteiger partial charge on any atom is -0.231 e. The molecular formula is C11H21BrN+. The fourth-order valence-electron chi connectivity index (χ4n) is 2.11. The van der Waals surface area contributed by atoms with Crippen LogP contribution < -0.4 is 0 Å². The quantitative estimate of drug-likeness (QED) is 0.495. The Bertz CT molecular complexity index is 223.